The molecular formula is C10H15ClO3. The molecule has 3 nitrogen and oxygen atoms in total. The number of hydrogen-bond donors (Lipinski definition) is 1. The van der Waals surface area contributed by atoms with Crippen molar-refractivity contribution in [3.05, 3.63) is 0 Å². The van der Waals surface area contributed by atoms with Crippen LogP contribution < -0.4 is 0 Å². The molecule has 14 heavy (non-hydrogen) atoms. The molecule has 1 N–H and O–H groups in total. The van der Waals surface area contributed by atoms with E-state index in [9.17, 15) is 9.90 Å². The molecule has 1 aliphatic carbocycles. The van der Waals surface area contributed by atoms with Crippen LogP contribution in [0.15, 0.2) is 0 Å². The maximum Gasteiger partial charge on any atom is 0.315 e. The standard InChI is InChI=1S/C10H15ClO3/c1-9(2)8(12)14-7-6(11)4-3-5-10(7,9)13/h6-7,13H,3-5H2,1-2H3/t6-,7+,10-/m0/s1. The molecule has 4 heteroatoms. The minimum atomic E-state index is -1.07. The van der Waals surface area contributed by atoms with Gasteiger partial charge in [-0.2, -0.15) is 0 Å². The number of carbonyl (C=O) groups excluding carboxylic acids is 1. The predicted molar refractivity (Wildman–Crippen MR) is 52.1 cm³/mol. The summed E-state index contributed by atoms with van der Waals surface area (Å²) >= 11 is 6.06. The lowest BCUT2D eigenvalue weighted by Crippen LogP contribution is -2.54. The van der Waals surface area contributed by atoms with Crippen LogP contribution in [0.3, 0.4) is 0 Å². The fraction of sp³-hybridized carbons (Fsp3) is 0.900. The molecular weight excluding hydrogens is 204 g/mol. The largest absolute Gasteiger partial charge is 0.457 e. The zero-order valence-electron chi connectivity index (χ0n) is 8.42. The summed E-state index contributed by atoms with van der Waals surface area (Å²) in [7, 11) is 0. The molecule has 0 spiro atoms. The molecule has 0 radical (unpaired) electrons. The Hall–Kier alpha value is -0.280. The van der Waals surface area contributed by atoms with Crippen molar-refractivity contribution in [2.75, 3.05) is 0 Å². The van der Waals surface area contributed by atoms with Gasteiger partial charge in [-0.05, 0) is 33.1 Å². The molecule has 1 aliphatic heterocycles. The van der Waals surface area contributed by atoms with Crippen molar-refractivity contribution in [1.29, 1.82) is 0 Å². The minimum Gasteiger partial charge on any atom is -0.457 e. The molecule has 80 valence electrons. The van der Waals surface area contributed by atoms with Gasteiger partial charge in [0.05, 0.1) is 10.8 Å². The van der Waals surface area contributed by atoms with Gasteiger partial charge in [0.1, 0.15) is 11.7 Å². The average molecular weight is 219 g/mol. The third kappa shape index (κ3) is 1.06. The van der Waals surface area contributed by atoms with Crippen LogP contribution in [0.1, 0.15) is 33.1 Å². The molecule has 0 unspecified atom stereocenters. The van der Waals surface area contributed by atoms with Crippen molar-refractivity contribution < 1.29 is 14.6 Å². The third-order valence-electron chi connectivity index (χ3n) is 3.66. The van der Waals surface area contributed by atoms with Crippen LogP contribution in [0.4, 0.5) is 0 Å². The first-order chi connectivity index (χ1) is 6.39. The first-order valence-electron chi connectivity index (χ1n) is 4.97. The van der Waals surface area contributed by atoms with E-state index < -0.39 is 17.1 Å². The van der Waals surface area contributed by atoms with E-state index in [0.717, 1.165) is 12.8 Å². The summed E-state index contributed by atoms with van der Waals surface area (Å²) in [4.78, 5) is 11.6. The van der Waals surface area contributed by atoms with Gasteiger partial charge in [-0.3, -0.25) is 4.79 Å². The van der Waals surface area contributed by atoms with Crippen LogP contribution in [0.2, 0.25) is 0 Å². The van der Waals surface area contributed by atoms with Gasteiger partial charge in [0.25, 0.3) is 0 Å². The van der Waals surface area contributed by atoms with E-state index in [2.05, 4.69) is 0 Å². The third-order valence-corrected chi connectivity index (χ3v) is 4.11. The number of rotatable bonds is 0. The quantitative estimate of drug-likeness (QED) is 0.495. The van der Waals surface area contributed by atoms with Gasteiger partial charge in [0, 0.05) is 0 Å². The number of hydrogen-bond acceptors (Lipinski definition) is 3. The van der Waals surface area contributed by atoms with Gasteiger partial charge in [-0.1, -0.05) is 0 Å². The fourth-order valence-electron chi connectivity index (χ4n) is 2.44. The van der Waals surface area contributed by atoms with Crippen LogP contribution >= 0.6 is 11.6 Å². The maximum atomic E-state index is 11.6. The van der Waals surface area contributed by atoms with Crippen molar-refractivity contribution >= 4 is 17.6 Å². The molecule has 2 fully saturated rings. The van der Waals surface area contributed by atoms with E-state index in [0.29, 0.717) is 6.42 Å². The number of halogens is 1. The number of aliphatic hydroxyl groups is 1. The van der Waals surface area contributed by atoms with Crippen LogP contribution in [-0.4, -0.2) is 28.2 Å². The van der Waals surface area contributed by atoms with Gasteiger partial charge < -0.3 is 9.84 Å². The summed E-state index contributed by atoms with van der Waals surface area (Å²) in [6.45, 7) is 3.45. The summed E-state index contributed by atoms with van der Waals surface area (Å²) in [5, 5.41) is 10.2. The summed E-state index contributed by atoms with van der Waals surface area (Å²) in [6.07, 6.45) is 1.72. The van der Waals surface area contributed by atoms with Crippen LogP contribution in [-0.2, 0) is 9.53 Å². The summed E-state index contributed by atoms with van der Waals surface area (Å²) in [5.74, 6) is -0.336. The Labute approximate surface area is 88.4 Å². The highest BCUT2D eigenvalue weighted by atomic mass is 35.5. The predicted octanol–water partition coefficient (Wildman–Crippen LogP) is 1.46. The van der Waals surface area contributed by atoms with Gasteiger partial charge >= 0.3 is 5.97 Å². The number of carbonyl (C=O) groups is 1. The van der Waals surface area contributed by atoms with E-state index >= 15 is 0 Å². The second-order valence-corrected chi connectivity index (χ2v) is 5.34. The Morgan fingerprint density at radius 2 is 2.21 bits per heavy atom. The molecule has 0 aromatic carbocycles. The summed E-state index contributed by atoms with van der Waals surface area (Å²) < 4.78 is 5.17. The number of fused-ring (bicyclic) bond motifs is 1. The van der Waals surface area contributed by atoms with Crippen molar-refractivity contribution in [1.82, 2.24) is 0 Å². The Bertz CT molecular complexity index is 277. The highest BCUT2D eigenvalue weighted by Gasteiger charge is 2.64. The van der Waals surface area contributed by atoms with Crippen LogP contribution in [0.25, 0.3) is 0 Å². The molecule has 2 rings (SSSR count). The molecule has 0 amide bonds. The highest BCUT2D eigenvalue weighted by Crippen LogP contribution is 2.50. The van der Waals surface area contributed by atoms with Crippen LogP contribution in [0.5, 0.6) is 0 Å². The SMILES string of the molecule is CC1(C)C(=O)O[C@@H]2[C@@H](Cl)CCC[C@]21O. The average Bonchev–Trinajstić information content (AvgIpc) is 2.27. The molecule has 0 aromatic rings. The number of alkyl halides is 1. The molecule has 1 saturated heterocycles. The number of esters is 1. The van der Waals surface area contributed by atoms with E-state index in [4.69, 9.17) is 16.3 Å². The topological polar surface area (TPSA) is 46.5 Å². The summed E-state index contributed by atoms with van der Waals surface area (Å²) in [6, 6.07) is 0. The van der Waals surface area contributed by atoms with Gasteiger partial charge in [-0.25, -0.2) is 0 Å². The lowest BCUT2D eigenvalue weighted by Gasteiger charge is -2.40. The number of ether oxygens (including phenoxy) is 1. The second-order valence-electron chi connectivity index (χ2n) is 4.78. The Morgan fingerprint density at radius 1 is 1.57 bits per heavy atom. The second kappa shape index (κ2) is 2.86. The van der Waals surface area contributed by atoms with Gasteiger partial charge in [-0.15, -0.1) is 11.6 Å². The highest BCUT2D eigenvalue weighted by molar-refractivity contribution is 6.21. The van der Waals surface area contributed by atoms with Crippen molar-refractivity contribution in [2.45, 2.75) is 50.2 Å². The van der Waals surface area contributed by atoms with Gasteiger partial charge in [0.15, 0.2) is 0 Å². The van der Waals surface area contributed by atoms with E-state index in [1.807, 2.05) is 0 Å². The monoisotopic (exact) mass is 218 g/mol. The zero-order chi connectivity index (χ0) is 10.6. The normalized spacial score (nSPS) is 45.9. The first kappa shape index (κ1) is 10.2. The Balaban J connectivity index is 2.39. The Kier molecular flexibility index (Phi) is 2.09. The van der Waals surface area contributed by atoms with Crippen molar-refractivity contribution in [3.8, 4) is 0 Å². The molecule has 1 saturated carbocycles. The van der Waals surface area contributed by atoms with E-state index in [-0.39, 0.29) is 11.3 Å². The van der Waals surface area contributed by atoms with Crippen molar-refractivity contribution in [3.63, 3.8) is 0 Å². The molecule has 2 aliphatic rings. The summed E-state index contributed by atoms with van der Waals surface area (Å²) in [5.41, 5.74) is -1.90. The molecule has 0 bridgehead atoms. The lowest BCUT2D eigenvalue weighted by atomic mass is 9.68. The Morgan fingerprint density at radius 3 is 2.79 bits per heavy atom. The lowest BCUT2D eigenvalue weighted by molar-refractivity contribution is -0.147. The van der Waals surface area contributed by atoms with Gasteiger partial charge in [0.2, 0.25) is 0 Å². The minimum absolute atomic E-state index is 0.250. The smallest absolute Gasteiger partial charge is 0.315 e. The zero-order valence-corrected chi connectivity index (χ0v) is 9.17. The molecule has 0 aromatic heterocycles. The maximum absolute atomic E-state index is 11.6. The molecule has 1 heterocycles. The van der Waals surface area contributed by atoms with Crippen LogP contribution in [0, 0.1) is 5.41 Å². The van der Waals surface area contributed by atoms with E-state index in [1.165, 1.54) is 0 Å². The van der Waals surface area contributed by atoms with E-state index in [1.54, 1.807) is 13.8 Å². The molecule has 3 atom stereocenters. The first-order valence-corrected chi connectivity index (χ1v) is 5.41. The van der Waals surface area contributed by atoms with Crippen molar-refractivity contribution in [2.24, 2.45) is 5.41 Å². The fourth-order valence-corrected chi connectivity index (χ4v) is 2.85.